The van der Waals surface area contributed by atoms with Crippen molar-refractivity contribution in [2.24, 2.45) is 5.92 Å². The average Bonchev–Trinajstić information content (AvgIpc) is 2.79. The number of hydrogen-bond donors (Lipinski definition) is 2. The molecule has 2 atom stereocenters. The Bertz CT molecular complexity index is 453. The highest BCUT2D eigenvalue weighted by Crippen LogP contribution is 2.18. The van der Waals surface area contributed by atoms with E-state index in [1.165, 1.54) is 0 Å². The third kappa shape index (κ3) is 2.72. The molecule has 0 aliphatic heterocycles. The number of rotatable bonds is 3. The molecule has 0 saturated heterocycles. The summed E-state index contributed by atoms with van der Waals surface area (Å²) in [7, 11) is 0. The van der Waals surface area contributed by atoms with Crippen molar-refractivity contribution < 1.29 is 14.7 Å². The third-order valence-corrected chi connectivity index (χ3v) is 2.75. The monoisotopic (exact) mass is 231 g/mol. The van der Waals surface area contributed by atoms with E-state index in [2.05, 4.69) is 5.32 Å². The van der Waals surface area contributed by atoms with E-state index in [9.17, 15) is 9.59 Å². The number of carbonyl (C=O) groups excluding carboxylic acids is 1. The predicted octanol–water partition coefficient (Wildman–Crippen LogP) is 1.45. The van der Waals surface area contributed by atoms with E-state index in [0.717, 1.165) is 0 Å². The van der Waals surface area contributed by atoms with Crippen LogP contribution in [-0.2, 0) is 4.79 Å². The second kappa shape index (κ2) is 4.82. The van der Waals surface area contributed by atoms with Crippen molar-refractivity contribution in [2.45, 2.75) is 12.5 Å². The van der Waals surface area contributed by atoms with Crippen LogP contribution in [0.15, 0.2) is 42.5 Å². The summed E-state index contributed by atoms with van der Waals surface area (Å²) in [5.74, 6) is -1.51. The minimum Gasteiger partial charge on any atom is -0.481 e. The van der Waals surface area contributed by atoms with Crippen molar-refractivity contribution in [1.29, 1.82) is 0 Å². The highest BCUT2D eigenvalue weighted by atomic mass is 16.4. The Morgan fingerprint density at radius 3 is 2.47 bits per heavy atom. The third-order valence-electron chi connectivity index (χ3n) is 2.75. The molecule has 4 nitrogen and oxygen atoms in total. The maximum Gasteiger partial charge on any atom is 0.310 e. The first-order valence-electron chi connectivity index (χ1n) is 5.44. The van der Waals surface area contributed by atoms with Gasteiger partial charge >= 0.3 is 5.97 Å². The van der Waals surface area contributed by atoms with Gasteiger partial charge in [-0.05, 0) is 18.6 Å². The Balaban J connectivity index is 1.94. The van der Waals surface area contributed by atoms with E-state index < -0.39 is 11.9 Å². The number of carboxylic acid groups (broad SMARTS) is 1. The van der Waals surface area contributed by atoms with Gasteiger partial charge in [0.1, 0.15) is 0 Å². The molecule has 4 heteroatoms. The molecule has 0 saturated carbocycles. The number of nitrogens with one attached hydrogen (secondary N) is 1. The molecule has 2 rings (SSSR count). The molecule has 0 unspecified atom stereocenters. The van der Waals surface area contributed by atoms with Crippen LogP contribution in [0, 0.1) is 5.92 Å². The zero-order chi connectivity index (χ0) is 12.3. The number of benzene rings is 1. The van der Waals surface area contributed by atoms with Gasteiger partial charge in [0.2, 0.25) is 0 Å². The molecule has 0 spiro atoms. The fourth-order valence-electron chi connectivity index (χ4n) is 1.83. The quantitative estimate of drug-likeness (QED) is 0.774. The lowest BCUT2D eigenvalue weighted by Gasteiger charge is -2.11. The lowest BCUT2D eigenvalue weighted by atomic mass is 10.1. The van der Waals surface area contributed by atoms with Gasteiger partial charge in [0.15, 0.2) is 0 Å². The van der Waals surface area contributed by atoms with Crippen LogP contribution in [-0.4, -0.2) is 23.0 Å². The first kappa shape index (κ1) is 11.4. The maximum absolute atomic E-state index is 11.8. The zero-order valence-electron chi connectivity index (χ0n) is 9.17. The van der Waals surface area contributed by atoms with Gasteiger partial charge in [-0.3, -0.25) is 9.59 Å². The number of aliphatic carboxylic acids is 1. The fraction of sp³-hybridized carbons (Fsp3) is 0.231. The van der Waals surface area contributed by atoms with Crippen LogP contribution in [0.5, 0.6) is 0 Å². The lowest BCUT2D eigenvalue weighted by molar-refractivity contribution is -0.140. The van der Waals surface area contributed by atoms with E-state index in [-0.39, 0.29) is 11.9 Å². The topological polar surface area (TPSA) is 66.4 Å². The summed E-state index contributed by atoms with van der Waals surface area (Å²) in [6.07, 6.45) is 3.78. The van der Waals surface area contributed by atoms with Gasteiger partial charge in [0.05, 0.1) is 5.92 Å². The summed E-state index contributed by atoms with van der Waals surface area (Å²) in [6.45, 7) is 0. The SMILES string of the molecule is O=C(N[C@@H]1C=C[C@H](C(=O)O)C1)c1ccccc1. The van der Waals surface area contributed by atoms with Crippen LogP contribution >= 0.6 is 0 Å². The van der Waals surface area contributed by atoms with Crippen molar-refractivity contribution in [3.63, 3.8) is 0 Å². The molecule has 1 amide bonds. The molecule has 1 aliphatic carbocycles. The van der Waals surface area contributed by atoms with Crippen LogP contribution < -0.4 is 5.32 Å². The van der Waals surface area contributed by atoms with Gasteiger partial charge in [-0.1, -0.05) is 30.4 Å². The maximum atomic E-state index is 11.8. The summed E-state index contributed by atoms with van der Waals surface area (Å²) < 4.78 is 0. The molecule has 1 aromatic carbocycles. The molecule has 0 heterocycles. The van der Waals surface area contributed by atoms with Gasteiger partial charge in [0.25, 0.3) is 5.91 Å². The Hall–Kier alpha value is -2.10. The molecule has 0 bridgehead atoms. The van der Waals surface area contributed by atoms with Gasteiger partial charge in [-0.25, -0.2) is 0 Å². The molecule has 0 radical (unpaired) electrons. The van der Waals surface area contributed by atoms with Crippen molar-refractivity contribution in [3.8, 4) is 0 Å². The van der Waals surface area contributed by atoms with Gasteiger partial charge in [-0.2, -0.15) is 0 Å². The Kier molecular flexibility index (Phi) is 3.23. The van der Waals surface area contributed by atoms with E-state index in [1.807, 2.05) is 6.07 Å². The molecule has 0 aromatic heterocycles. The summed E-state index contributed by atoms with van der Waals surface area (Å²) in [5, 5.41) is 11.6. The minimum atomic E-state index is -0.849. The van der Waals surface area contributed by atoms with Crippen LogP contribution in [0.25, 0.3) is 0 Å². The molecular formula is C13H13NO3. The largest absolute Gasteiger partial charge is 0.481 e. The lowest BCUT2D eigenvalue weighted by Crippen LogP contribution is -2.33. The normalized spacial score (nSPS) is 22.4. The van der Waals surface area contributed by atoms with Crippen LogP contribution in [0.1, 0.15) is 16.8 Å². The van der Waals surface area contributed by atoms with Gasteiger partial charge in [-0.15, -0.1) is 0 Å². The van der Waals surface area contributed by atoms with E-state index in [0.29, 0.717) is 12.0 Å². The molecule has 88 valence electrons. The summed E-state index contributed by atoms with van der Waals surface area (Å²) in [6, 6.07) is 8.68. The molecular weight excluding hydrogens is 218 g/mol. The van der Waals surface area contributed by atoms with Crippen molar-refractivity contribution >= 4 is 11.9 Å². The standard InChI is InChI=1S/C13H13NO3/c15-12(9-4-2-1-3-5-9)14-11-7-6-10(8-11)13(16)17/h1-7,10-11H,8H2,(H,14,15)(H,16,17)/t10-,11+/m0/s1. The minimum absolute atomic E-state index is 0.175. The molecule has 2 N–H and O–H groups in total. The Morgan fingerprint density at radius 1 is 1.18 bits per heavy atom. The second-order valence-electron chi connectivity index (χ2n) is 4.01. The first-order chi connectivity index (χ1) is 8.16. The molecule has 1 aliphatic rings. The summed E-state index contributed by atoms with van der Waals surface area (Å²) in [5.41, 5.74) is 0.583. The van der Waals surface area contributed by atoms with Crippen molar-refractivity contribution in [3.05, 3.63) is 48.0 Å². The molecule has 17 heavy (non-hydrogen) atoms. The summed E-state index contributed by atoms with van der Waals surface area (Å²) >= 11 is 0. The van der Waals surface area contributed by atoms with Crippen LogP contribution in [0.2, 0.25) is 0 Å². The smallest absolute Gasteiger partial charge is 0.310 e. The number of carbonyl (C=O) groups is 2. The molecule has 0 fully saturated rings. The highest BCUT2D eigenvalue weighted by molar-refractivity contribution is 5.94. The summed E-state index contributed by atoms with van der Waals surface area (Å²) in [4.78, 5) is 22.5. The van der Waals surface area contributed by atoms with Gasteiger partial charge < -0.3 is 10.4 Å². The Morgan fingerprint density at radius 2 is 1.88 bits per heavy atom. The van der Waals surface area contributed by atoms with E-state index in [4.69, 9.17) is 5.11 Å². The number of amides is 1. The van der Waals surface area contributed by atoms with Crippen LogP contribution in [0.3, 0.4) is 0 Å². The molecule has 1 aromatic rings. The predicted molar refractivity (Wildman–Crippen MR) is 62.6 cm³/mol. The van der Waals surface area contributed by atoms with Crippen molar-refractivity contribution in [1.82, 2.24) is 5.32 Å². The number of carboxylic acids is 1. The van der Waals surface area contributed by atoms with Crippen LogP contribution in [0.4, 0.5) is 0 Å². The van der Waals surface area contributed by atoms with E-state index in [1.54, 1.807) is 36.4 Å². The van der Waals surface area contributed by atoms with E-state index >= 15 is 0 Å². The number of hydrogen-bond acceptors (Lipinski definition) is 2. The fourth-order valence-corrected chi connectivity index (χ4v) is 1.83. The van der Waals surface area contributed by atoms with Gasteiger partial charge in [0, 0.05) is 11.6 Å². The highest BCUT2D eigenvalue weighted by Gasteiger charge is 2.25. The van der Waals surface area contributed by atoms with Crippen molar-refractivity contribution in [2.75, 3.05) is 0 Å². The zero-order valence-corrected chi connectivity index (χ0v) is 9.17. The first-order valence-corrected chi connectivity index (χ1v) is 5.44. The Labute approximate surface area is 99.0 Å². The second-order valence-corrected chi connectivity index (χ2v) is 4.01. The average molecular weight is 231 g/mol.